The number of hydrogen-bond donors (Lipinski definition) is 2. The lowest BCUT2D eigenvalue weighted by Gasteiger charge is -2.15. The summed E-state index contributed by atoms with van der Waals surface area (Å²) in [5.41, 5.74) is 9.44. The van der Waals surface area contributed by atoms with Crippen molar-refractivity contribution in [2.45, 2.75) is 20.0 Å². The zero-order valence-electron chi connectivity index (χ0n) is 16.8. The molecule has 1 heterocycles. The summed E-state index contributed by atoms with van der Waals surface area (Å²) in [6.07, 6.45) is 1.54. The molecule has 12 heteroatoms. The number of anilines is 1. The van der Waals surface area contributed by atoms with E-state index in [1.54, 1.807) is 30.3 Å². The average Bonchev–Trinajstić information content (AvgIpc) is 3.13. The Morgan fingerprint density at radius 2 is 2.09 bits per heavy atom. The highest BCUT2D eigenvalue weighted by atomic mass is 79.9. The van der Waals surface area contributed by atoms with Gasteiger partial charge in [0.2, 0.25) is 11.0 Å². The Bertz CT molecular complexity index is 1140. The molecule has 0 aliphatic carbocycles. The second kappa shape index (κ2) is 11.5. The number of carbonyl (C=O) groups excluding carboxylic acids is 1. The molecule has 32 heavy (non-hydrogen) atoms. The molecule has 0 saturated heterocycles. The van der Waals surface area contributed by atoms with Gasteiger partial charge in [0.05, 0.1) is 23.7 Å². The number of nitrogen functional groups attached to an aromatic ring is 1. The van der Waals surface area contributed by atoms with Crippen LogP contribution in [0.4, 0.5) is 5.13 Å². The number of hydrazone groups is 1. The molecule has 0 radical (unpaired) electrons. The molecule has 0 aliphatic rings. The molecule has 1 aromatic heterocycles. The van der Waals surface area contributed by atoms with Gasteiger partial charge in [-0.15, -0.1) is 10.2 Å². The predicted molar refractivity (Wildman–Crippen MR) is 130 cm³/mol. The standard InChI is InChI=1S/C20H18BrCl2N5O3S/c1-2-30-16-6-11(9-25-26-17(29)8-18-27-28-20(24)32-18)5-14(21)19(16)31-10-12-3-4-13(22)7-15(12)23/h3-7,9H,2,8,10H2,1H3,(H2,24,28)(H,26,29)/b25-9+. The van der Waals surface area contributed by atoms with Gasteiger partial charge >= 0.3 is 0 Å². The minimum absolute atomic E-state index is 0.0418. The van der Waals surface area contributed by atoms with Crippen LogP contribution in [0.5, 0.6) is 11.5 Å². The smallest absolute Gasteiger partial charge is 0.247 e. The van der Waals surface area contributed by atoms with Crippen LogP contribution >= 0.6 is 50.5 Å². The summed E-state index contributed by atoms with van der Waals surface area (Å²) in [6.45, 7) is 2.54. The number of ether oxygens (including phenoxy) is 2. The van der Waals surface area contributed by atoms with E-state index in [1.807, 2.05) is 6.92 Å². The molecular formula is C20H18BrCl2N5O3S. The van der Waals surface area contributed by atoms with Gasteiger partial charge < -0.3 is 15.2 Å². The van der Waals surface area contributed by atoms with Crippen molar-refractivity contribution < 1.29 is 14.3 Å². The van der Waals surface area contributed by atoms with Crippen molar-refractivity contribution in [3.63, 3.8) is 0 Å². The summed E-state index contributed by atoms with van der Waals surface area (Å²) in [5.74, 6) is 0.707. The number of nitrogens with one attached hydrogen (secondary N) is 1. The molecular weight excluding hydrogens is 541 g/mol. The zero-order valence-corrected chi connectivity index (χ0v) is 20.7. The Labute approximate surface area is 206 Å². The number of amides is 1. The van der Waals surface area contributed by atoms with Crippen LogP contribution in [0.2, 0.25) is 10.0 Å². The van der Waals surface area contributed by atoms with E-state index < -0.39 is 0 Å². The molecule has 3 aromatic rings. The van der Waals surface area contributed by atoms with Gasteiger partial charge in [-0.05, 0) is 52.7 Å². The molecule has 8 nitrogen and oxygen atoms in total. The number of rotatable bonds is 9. The number of halogens is 3. The highest BCUT2D eigenvalue weighted by Gasteiger charge is 2.13. The minimum Gasteiger partial charge on any atom is -0.490 e. The molecule has 3 rings (SSSR count). The van der Waals surface area contributed by atoms with E-state index in [9.17, 15) is 4.79 Å². The van der Waals surface area contributed by atoms with Gasteiger partial charge in [0, 0.05) is 15.6 Å². The second-order valence-electron chi connectivity index (χ2n) is 6.29. The zero-order chi connectivity index (χ0) is 23.1. The van der Waals surface area contributed by atoms with Crippen molar-refractivity contribution in [2.75, 3.05) is 12.3 Å². The summed E-state index contributed by atoms with van der Waals surface area (Å²) in [5, 5.41) is 13.3. The van der Waals surface area contributed by atoms with Crippen LogP contribution < -0.4 is 20.6 Å². The minimum atomic E-state index is -0.332. The molecule has 0 atom stereocenters. The Kier molecular flexibility index (Phi) is 8.68. The fourth-order valence-corrected chi connectivity index (χ4v) is 4.19. The van der Waals surface area contributed by atoms with E-state index in [0.717, 1.165) is 16.9 Å². The summed E-state index contributed by atoms with van der Waals surface area (Å²) >= 11 is 16.8. The molecule has 0 bridgehead atoms. The van der Waals surface area contributed by atoms with E-state index >= 15 is 0 Å². The third-order valence-corrected chi connectivity index (χ3v) is 5.84. The maximum atomic E-state index is 12.0. The molecule has 0 unspecified atom stereocenters. The van der Waals surface area contributed by atoms with Gasteiger partial charge in [-0.25, -0.2) is 5.43 Å². The molecule has 168 valence electrons. The third kappa shape index (κ3) is 6.80. The highest BCUT2D eigenvalue weighted by molar-refractivity contribution is 9.10. The van der Waals surface area contributed by atoms with Crippen LogP contribution in [0, 0.1) is 0 Å². The topological polar surface area (TPSA) is 112 Å². The third-order valence-electron chi connectivity index (χ3n) is 3.92. The highest BCUT2D eigenvalue weighted by Crippen LogP contribution is 2.37. The normalized spacial score (nSPS) is 11.0. The van der Waals surface area contributed by atoms with Gasteiger partial charge in [0.15, 0.2) is 11.5 Å². The lowest BCUT2D eigenvalue weighted by atomic mass is 10.2. The summed E-state index contributed by atoms with van der Waals surface area (Å²) < 4.78 is 12.3. The Balaban J connectivity index is 1.68. The molecule has 3 N–H and O–H groups in total. The number of nitrogens with two attached hydrogens (primary N) is 1. The van der Waals surface area contributed by atoms with E-state index in [1.165, 1.54) is 6.21 Å². The van der Waals surface area contributed by atoms with Crippen LogP contribution in [-0.4, -0.2) is 28.9 Å². The first-order chi connectivity index (χ1) is 15.4. The van der Waals surface area contributed by atoms with Gasteiger partial charge in [-0.2, -0.15) is 5.10 Å². The maximum Gasteiger partial charge on any atom is 0.247 e. The van der Waals surface area contributed by atoms with Crippen LogP contribution in [-0.2, 0) is 17.8 Å². The maximum absolute atomic E-state index is 12.0. The number of benzene rings is 2. The van der Waals surface area contributed by atoms with Crippen LogP contribution in [0.1, 0.15) is 23.1 Å². The predicted octanol–water partition coefficient (Wildman–Crippen LogP) is 4.86. The Hall–Kier alpha value is -2.40. The SMILES string of the molecule is CCOc1cc(/C=N/NC(=O)Cc2nnc(N)s2)cc(Br)c1OCc1ccc(Cl)cc1Cl. The lowest BCUT2D eigenvalue weighted by molar-refractivity contribution is -0.120. The average molecular weight is 559 g/mol. The van der Waals surface area contributed by atoms with Crippen LogP contribution in [0.25, 0.3) is 0 Å². The second-order valence-corrected chi connectivity index (χ2v) is 9.08. The monoisotopic (exact) mass is 557 g/mol. The largest absolute Gasteiger partial charge is 0.490 e. The first-order valence-electron chi connectivity index (χ1n) is 9.28. The van der Waals surface area contributed by atoms with Crippen molar-refractivity contribution in [3.05, 3.63) is 61.0 Å². The first kappa shape index (κ1) is 24.2. The van der Waals surface area contributed by atoms with Crippen molar-refractivity contribution in [1.29, 1.82) is 0 Å². The van der Waals surface area contributed by atoms with Crippen molar-refractivity contribution >= 4 is 67.7 Å². The van der Waals surface area contributed by atoms with E-state index in [4.69, 9.17) is 38.4 Å². The molecule has 1 amide bonds. The number of aromatic nitrogens is 2. The Morgan fingerprint density at radius 3 is 2.78 bits per heavy atom. The summed E-state index contributed by atoms with van der Waals surface area (Å²) in [7, 11) is 0. The Morgan fingerprint density at radius 1 is 1.28 bits per heavy atom. The van der Waals surface area contributed by atoms with Crippen LogP contribution in [0.15, 0.2) is 39.9 Å². The molecule has 2 aromatic carbocycles. The summed E-state index contributed by atoms with van der Waals surface area (Å²) in [4.78, 5) is 12.0. The molecule has 0 fully saturated rings. The quantitative estimate of drug-likeness (QED) is 0.286. The lowest BCUT2D eigenvalue weighted by Crippen LogP contribution is -2.19. The fourth-order valence-electron chi connectivity index (χ4n) is 2.55. The molecule has 0 spiro atoms. The number of hydrogen-bond acceptors (Lipinski definition) is 8. The number of carbonyl (C=O) groups is 1. The van der Waals surface area contributed by atoms with Crippen molar-refractivity contribution in [1.82, 2.24) is 15.6 Å². The fraction of sp³-hybridized carbons (Fsp3) is 0.200. The van der Waals surface area contributed by atoms with Crippen molar-refractivity contribution in [3.8, 4) is 11.5 Å². The summed E-state index contributed by atoms with van der Waals surface area (Å²) in [6, 6.07) is 8.77. The van der Waals surface area contributed by atoms with Crippen molar-refractivity contribution in [2.24, 2.45) is 5.10 Å². The van der Waals surface area contributed by atoms with Gasteiger partial charge in [-0.1, -0.05) is 40.6 Å². The van der Waals surface area contributed by atoms with E-state index in [-0.39, 0.29) is 18.9 Å². The van der Waals surface area contributed by atoms with Crippen LogP contribution in [0.3, 0.4) is 0 Å². The molecule has 0 aliphatic heterocycles. The van der Waals surface area contributed by atoms with E-state index in [0.29, 0.717) is 48.3 Å². The molecule has 0 saturated carbocycles. The van der Waals surface area contributed by atoms with Gasteiger partial charge in [0.25, 0.3) is 0 Å². The van der Waals surface area contributed by atoms with Gasteiger partial charge in [-0.3, -0.25) is 4.79 Å². The van der Waals surface area contributed by atoms with Gasteiger partial charge in [0.1, 0.15) is 11.6 Å². The van der Waals surface area contributed by atoms with E-state index in [2.05, 4.69) is 36.7 Å². The number of nitrogens with zero attached hydrogens (tertiary/aromatic N) is 3. The first-order valence-corrected chi connectivity index (χ1v) is 11.6.